The number of amides is 1. The number of anilines is 1. The van der Waals surface area contributed by atoms with Crippen LogP contribution in [-0.2, 0) is 0 Å². The highest BCUT2D eigenvalue weighted by Crippen LogP contribution is 2.01. The van der Waals surface area contributed by atoms with Crippen molar-refractivity contribution in [3.05, 3.63) is 18.1 Å². The SMILES string of the molecule is CCNCCNC(=O)c1nccnc1N. The van der Waals surface area contributed by atoms with Crippen molar-refractivity contribution in [1.29, 1.82) is 0 Å². The van der Waals surface area contributed by atoms with E-state index in [1.165, 1.54) is 12.4 Å². The highest BCUT2D eigenvalue weighted by atomic mass is 16.1. The maximum atomic E-state index is 11.5. The third-order valence-corrected chi connectivity index (χ3v) is 1.78. The lowest BCUT2D eigenvalue weighted by Crippen LogP contribution is -2.32. The van der Waals surface area contributed by atoms with Crippen LogP contribution >= 0.6 is 0 Å². The monoisotopic (exact) mass is 209 g/mol. The standard InChI is InChI=1S/C9H15N5O/c1-2-11-3-4-14-9(15)7-8(10)13-6-5-12-7/h5-6,11H,2-4H2,1H3,(H2,10,13)(H,14,15). The first-order valence-corrected chi connectivity index (χ1v) is 4.81. The number of rotatable bonds is 5. The van der Waals surface area contributed by atoms with Gasteiger partial charge in [0.2, 0.25) is 0 Å². The van der Waals surface area contributed by atoms with E-state index in [2.05, 4.69) is 20.6 Å². The van der Waals surface area contributed by atoms with Crippen LogP contribution in [0.25, 0.3) is 0 Å². The molecule has 1 aromatic rings. The van der Waals surface area contributed by atoms with E-state index in [1.807, 2.05) is 6.92 Å². The number of nitrogens with one attached hydrogen (secondary N) is 2. The van der Waals surface area contributed by atoms with Gasteiger partial charge >= 0.3 is 0 Å². The molecule has 82 valence electrons. The third-order valence-electron chi connectivity index (χ3n) is 1.78. The van der Waals surface area contributed by atoms with Crippen molar-refractivity contribution >= 4 is 11.7 Å². The van der Waals surface area contributed by atoms with Gasteiger partial charge in [0.1, 0.15) is 0 Å². The summed E-state index contributed by atoms with van der Waals surface area (Å²) >= 11 is 0. The second-order valence-electron chi connectivity index (χ2n) is 2.90. The van der Waals surface area contributed by atoms with Gasteiger partial charge in [-0.3, -0.25) is 4.79 Å². The molecule has 0 aliphatic carbocycles. The normalized spacial score (nSPS) is 9.93. The van der Waals surface area contributed by atoms with E-state index in [0.29, 0.717) is 6.54 Å². The van der Waals surface area contributed by atoms with Gasteiger partial charge in [-0.25, -0.2) is 9.97 Å². The fraction of sp³-hybridized carbons (Fsp3) is 0.444. The quantitative estimate of drug-likeness (QED) is 0.563. The Balaban J connectivity index is 2.44. The first-order valence-electron chi connectivity index (χ1n) is 4.81. The molecule has 0 saturated carbocycles. The molecular formula is C9H15N5O. The van der Waals surface area contributed by atoms with Crippen LogP contribution in [0.1, 0.15) is 17.4 Å². The summed E-state index contributed by atoms with van der Waals surface area (Å²) in [6, 6.07) is 0. The van der Waals surface area contributed by atoms with E-state index in [4.69, 9.17) is 5.73 Å². The minimum absolute atomic E-state index is 0.151. The van der Waals surface area contributed by atoms with Crippen LogP contribution < -0.4 is 16.4 Å². The van der Waals surface area contributed by atoms with Gasteiger partial charge in [0.25, 0.3) is 5.91 Å². The fourth-order valence-electron chi connectivity index (χ4n) is 1.05. The largest absolute Gasteiger partial charge is 0.382 e. The summed E-state index contributed by atoms with van der Waals surface area (Å²) in [6.07, 6.45) is 2.89. The average Bonchev–Trinajstić information content (AvgIpc) is 2.25. The molecule has 0 unspecified atom stereocenters. The van der Waals surface area contributed by atoms with Crippen LogP contribution in [0, 0.1) is 0 Å². The van der Waals surface area contributed by atoms with Crippen LogP contribution in [-0.4, -0.2) is 35.5 Å². The molecule has 1 aromatic heterocycles. The van der Waals surface area contributed by atoms with Gasteiger partial charge in [0.05, 0.1) is 0 Å². The summed E-state index contributed by atoms with van der Waals surface area (Å²) in [7, 11) is 0. The highest BCUT2D eigenvalue weighted by molar-refractivity contribution is 5.96. The van der Waals surface area contributed by atoms with Gasteiger partial charge in [0, 0.05) is 25.5 Å². The zero-order valence-electron chi connectivity index (χ0n) is 8.66. The molecule has 4 N–H and O–H groups in total. The molecule has 0 aliphatic heterocycles. The van der Waals surface area contributed by atoms with Crippen molar-refractivity contribution < 1.29 is 4.79 Å². The van der Waals surface area contributed by atoms with Crippen molar-refractivity contribution in [2.75, 3.05) is 25.4 Å². The molecule has 6 heteroatoms. The molecule has 1 amide bonds. The Hall–Kier alpha value is -1.69. The van der Waals surface area contributed by atoms with Gasteiger partial charge in [-0.1, -0.05) is 6.92 Å². The summed E-state index contributed by atoms with van der Waals surface area (Å²) in [5, 5.41) is 5.78. The van der Waals surface area contributed by atoms with Crippen molar-refractivity contribution in [3.8, 4) is 0 Å². The number of carbonyl (C=O) groups excluding carboxylic acids is 1. The van der Waals surface area contributed by atoms with Crippen LogP contribution in [0.2, 0.25) is 0 Å². The molecule has 0 atom stereocenters. The van der Waals surface area contributed by atoms with E-state index in [9.17, 15) is 4.79 Å². The minimum Gasteiger partial charge on any atom is -0.382 e. The van der Waals surface area contributed by atoms with Gasteiger partial charge in [-0.2, -0.15) is 0 Å². The van der Waals surface area contributed by atoms with E-state index in [-0.39, 0.29) is 17.4 Å². The number of nitrogen functional groups attached to an aromatic ring is 1. The number of aromatic nitrogens is 2. The lowest BCUT2D eigenvalue weighted by atomic mass is 10.4. The fourth-order valence-corrected chi connectivity index (χ4v) is 1.05. The van der Waals surface area contributed by atoms with Gasteiger partial charge in [-0.05, 0) is 6.54 Å². The second kappa shape index (κ2) is 5.92. The first kappa shape index (κ1) is 11.4. The summed E-state index contributed by atoms with van der Waals surface area (Å²) in [5.41, 5.74) is 5.68. The lowest BCUT2D eigenvalue weighted by molar-refractivity contribution is 0.0949. The smallest absolute Gasteiger partial charge is 0.273 e. The predicted octanol–water partition coefficient (Wildman–Crippen LogP) is -0.602. The van der Waals surface area contributed by atoms with E-state index in [1.54, 1.807) is 0 Å². The van der Waals surface area contributed by atoms with E-state index in [0.717, 1.165) is 13.1 Å². The van der Waals surface area contributed by atoms with Crippen molar-refractivity contribution in [2.24, 2.45) is 0 Å². The molecule has 0 spiro atoms. The Morgan fingerprint density at radius 2 is 2.13 bits per heavy atom. The maximum Gasteiger partial charge on any atom is 0.273 e. The first-order chi connectivity index (χ1) is 7.25. The maximum absolute atomic E-state index is 11.5. The van der Waals surface area contributed by atoms with Crippen molar-refractivity contribution in [1.82, 2.24) is 20.6 Å². The molecular weight excluding hydrogens is 194 g/mol. The van der Waals surface area contributed by atoms with Crippen LogP contribution in [0.4, 0.5) is 5.82 Å². The van der Waals surface area contributed by atoms with Crippen LogP contribution in [0.15, 0.2) is 12.4 Å². The van der Waals surface area contributed by atoms with Gasteiger partial charge in [0.15, 0.2) is 11.5 Å². The van der Waals surface area contributed by atoms with E-state index < -0.39 is 0 Å². The average molecular weight is 209 g/mol. The van der Waals surface area contributed by atoms with Crippen molar-refractivity contribution in [3.63, 3.8) is 0 Å². The second-order valence-corrected chi connectivity index (χ2v) is 2.90. The van der Waals surface area contributed by atoms with Crippen LogP contribution in [0.3, 0.4) is 0 Å². The number of hydrogen-bond acceptors (Lipinski definition) is 5. The number of carbonyl (C=O) groups is 1. The van der Waals surface area contributed by atoms with Gasteiger partial charge in [-0.15, -0.1) is 0 Å². The summed E-state index contributed by atoms with van der Waals surface area (Å²) in [6.45, 7) is 4.15. The molecule has 0 aromatic carbocycles. The molecule has 1 heterocycles. The number of likely N-dealkylation sites (N-methyl/N-ethyl adjacent to an activating group) is 1. The lowest BCUT2D eigenvalue weighted by Gasteiger charge is -2.05. The molecule has 0 radical (unpaired) electrons. The molecule has 6 nitrogen and oxygen atoms in total. The summed E-state index contributed by atoms with van der Waals surface area (Å²) < 4.78 is 0. The molecule has 15 heavy (non-hydrogen) atoms. The minimum atomic E-state index is -0.293. The Bertz CT molecular complexity index is 328. The highest BCUT2D eigenvalue weighted by Gasteiger charge is 2.10. The Kier molecular flexibility index (Phi) is 4.49. The van der Waals surface area contributed by atoms with Crippen molar-refractivity contribution in [2.45, 2.75) is 6.92 Å². The van der Waals surface area contributed by atoms with Gasteiger partial charge < -0.3 is 16.4 Å². The Morgan fingerprint density at radius 1 is 1.40 bits per heavy atom. The molecule has 0 bridgehead atoms. The molecule has 0 fully saturated rings. The predicted molar refractivity (Wildman–Crippen MR) is 57.3 cm³/mol. The van der Waals surface area contributed by atoms with Crippen LogP contribution in [0.5, 0.6) is 0 Å². The Labute approximate surface area is 88.3 Å². The summed E-state index contributed by atoms with van der Waals surface area (Å²) in [5.74, 6) is -0.142. The zero-order valence-corrected chi connectivity index (χ0v) is 8.66. The topological polar surface area (TPSA) is 92.9 Å². The van der Waals surface area contributed by atoms with E-state index >= 15 is 0 Å². The third kappa shape index (κ3) is 3.51. The Morgan fingerprint density at radius 3 is 2.80 bits per heavy atom. The summed E-state index contributed by atoms with van der Waals surface area (Å²) in [4.78, 5) is 19.1. The molecule has 0 saturated heterocycles. The number of hydrogen-bond donors (Lipinski definition) is 3. The number of nitrogens with two attached hydrogens (primary N) is 1. The zero-order chi connectivity index (χ0) is 11.1. The molecule has 0 aliphatic rings. The molecule has 1 rings (SSSR count). The number of nitrogens with zero attached hydrogens (tertiary/aromatic N) is 2.